The summed E-state index contributed by atoms with van der Waals surface area (Å²) in [4.78, 5) is 11.6. The molecule has 5 nitrogen and oxygen atoms in total. The van der Waals surface area contributed by atoms with Crippen molar-refractivity contribution in [3.63, 3.8) is 0 Å². The highest BCUT2D eigenvalue weighted by atomic mass is 32.2. The molecule has 0 aliphatic heterocycles. The molecule has 0 aliphatic rings. The number of rotatable bonds is 5. The molecule has 0 fully saturated rings. The molecule has 0 spiro atoms. The smallest absolute Gasteiger partial charge is 0.225 e. The zero-order valence-electron chi connectivity index (χ0n) is 10.8. The Balaban J connectivity index is 2.49. The minimum absolute atomic E-state index is 0.107. The summed E-state index contributed by atoms with van der Waals surface area (Å²) in [6.07, 6.45) is 1.18. The summed E-state index contributed by atoms with van der Waals surface area (Å²) >= 11 is 0. The molecule has 6 heteroatoms. The summed E-state index contributed by atoms with van der Waals surface area (Å²) in [7, 11) is -3.24. The Hall–Kier alpha value is -1.40. The molecule has 1 aromatic carbocycles. The number of hydrogen-bond acceptors (Lipinski definition) is 3. The lowest BCUT2D eigenvalue weighted by Crippen LogP contribution is -2.26. The zero-order valence-corrected chi connectivity index (χ0v) is 11.6. The predicted octanol–water partition coefficient (Wildman–Crippen LogP) is 1.18. The molecule has 18 heavy (non-hydrogen) atoms. The fourth-order valence-electron chi connectivity index (χ4n) is 1.62. The molecule has 0 aromatic heterocycles. The Labute approximate surface area is 108 Å². The maximum absolute atomic E-state index is 11.6. The first kappa shape index (κ1) is 14.7. The normalized spacial score (nSPS) is 11.3. The van der Waals surface area contributed by atoms with Gasteiger partial charge in [-0.05, 0) is 37.1 Å². The van der Waals surface area contributed by atoms with Gasteiger partial charge in [0.2, 0.25) is 15.9 Å². The maximum atomic E-state index is 11.6. The second kappa shape index (κ2) is 5.97. The SMILES string of the molecule is Cc1cc(C)cc(NC(=O)CCNS(C)(=O)=O)c1. The molecule has 2 N–H and O–H groups in total. The molecule has 0 atom stereocenters. The van der Waals surface area contributed by atoms with E-state index in [4.69, 9.17) is 0 Å². The first-order chi connectivity index (χ1) is 8.26. The van der Waals surface area contributed by atoms with Crippen LogP contribution < -0.4 is 10.0 Å². The molecule has 0 saturated carbocycles. The average Bonchev–Trinajstić information content (AvgIpc) is 2.12. The Kier molecular flexibility index (Phi) is 4.86. The van der Waals surface area contributed by atoms with Crippen LogP contribution in [0.2, 0.25) is 0 Å². The number of hydrogen-bond donors (Lipinski definition) is 2. The number of aryl methyl sites for hydroxylation is 2. The van der Waals surface area contributed by atoms with Gasteiger partial charge in [0.15, 0.2) is 0 Å². The topological polar surface area (TPSA) is 75.3 Å². The van der Waals surface area contributed by atoms with Gasteiger partial charge in [-0.3, -0.25) is 4.79 Å². The number of nitrogens with one attached hydrogen (secondary N) is 2. The molecular weight excluding hydrogens is 252 g/mol. The van der Waals surface area contributed by atoms with Crippen molar-refractivity contribution in [3.8, 4) is 0 Å². The summed E-state index contributed by atoms with van der Waals surface area (Å²) in [5.41, 5.74) is 2.87. The van der Waals surface area contributed by atoms with Gasteiger partial charge in [-0.1, -0.05) is 6.07 Å². The van der Waals surface area contributed by atoms with Gasteiger partial charge in [0, 0.05) is 18.7 Å². The second-order valence-corrected chi connectivity index (χ2v) is 6.17. The van der Waals surface area contributed by atoms with Crippen LogP contribution >= 0.6 is 0 Å². The van der Waals surface area contributed by atoms with Crippen LogP contribution in [0.15, 0.2) is 18.2 Å². The average molecular weight is 270 g/mol. The number of sulfonamides is 1. The summed E-state index contributed by atoms with van der Waals surface area (Å²) in [6.45, 7) is 4.01. The van der Waals surface area contributed by atoms with Crippen molar-refractivity contribution in [3.05, 3.63) is 29.3 Å². The number of benzene rings is 1. The van der Waals surface area contributed by atoms with Crippen molar-refractivity contribution in [1.29, 1.82) is 0 Å². The van der Waals surface area contributed by atoms with Crippen LogP contribution in [0.1, 0.15) is 17.5 Å². The van der Waals surface area contributed by atoms with Gasteiger partial charge in [-0.15, -0.1) is 0 Å². The van der Waals surface area contributed by atoms with Crippen molar-refractivity contribution in [2.75, 3.05) is 18.1 Å². The van der Waals surface area contributed by atoms with Gasteiger partial charge in [0.1, 0.15) is 0 Å². The maximum Gasteiger partial charge on any atom is 0.225 e. The monoisotopic (exact) mass is 270 g/mol. The van der Waals surface area contributed by atoms with Gasteiger partial charge >= 0.3 is 0 Å². The van der Waals surface area contributed by atoms with Gasteiger partial charge in [-0.2, -0.15) is 0 Å². The van der Waals surface area contributed by atoms with Crippen LogP contribution in [0.5, 0.6) is 0 Å². The summed E-state index contributed by atoms with van der Waals surface area (Å²) in [6, 6.07) is 5.75. The fraction of sp³-hybridized carbons (Fsp3) is 0.417. The van der Waals surface area contributed by atoms with Gasteiger partial charge < -0.3 is 5.32 Å². The Bertz CT molecular complexity index is 518. The van der Waals surface area contributed by atoms with E-state index >= 15 is 0 Å². The van der Waals surface area contributed by atoms with E-state index in [1.54, 1.807) is 0 Å². The number of carbonyl (C=O) groups is 1. The molecule has 0 aliphatic carbocycles. The Morgan fingerprint density at radius 1 is 1.17 bits per heavy atom. The van der Waals surface area contributed by atoms with Crippen LogP contribution in [0.3, 0.4) is 0 Å². The first-order valence-corrected chi connectivity index (χ1v) is 7.48. The van der Waals surface area contributed by atoms with Gasteiger partial charge in [0.05, 0.1) is 6.26 Å². The van der Waals surface area contributed by atoms with E-state index in [9.17, 15) is 13.2 Å². The zero-order chi connectivity index (χ0) is 13.8. The molecule has 0 heterocycles. The quantitative estimate of drug-likeness (QED) is 0.843. The van der Waals surface area contributed by atoms with Crippen LogP contribution in [-0.4, -0.2) is 27.1 Å². The Morgan fingerprint density at radius 2 is 1.72 bits per heavy atom. The van der Waals surface area contributed by atoms with E-state index in [-0.39, 0.29) is 18.9 Å². The lowest BCUT2D eigenvalue weighted by Gasteiger charge is -2.07. The lowest BCUT2D eigenvalue weighted by atomic mass is 10.1. The van der Waals surface area contributed by atoms with E-state index in [1.165, 1.54) is 0 Å². The predicted molar refractivity (Wildman–Crippen MR) is 72.0 cm³/mol. The Morgan fingerprint density at radius 3 is 2.22 bits per heavy atom. The van der Waals surface area contributed by atoms with Crippen molar-refractivity contribution in [1.82, 2.24) is 4.72 Å². The lowest BCUT2D eigenvalue weighted by molar-refractivity contribution is -0.116. The van der Waals surface area contributed by atoms with E-state index < -0.39 is 10.0 Å². The van der Waals surface area contributed by atoms with Crippen LogP contribution in [0, 0.1) is 13.8 Å². The van der Waals surface area contributed by atoms with Gasteiger partial charge in [-0.25, -0.2) is 13.1 Å². The highest BCUT2D eigenvalue weighted by molar-refractivity contribution is 7.88. The summed E-state index contributed by atoms with van der Waals surface area (Å²) in [5, 5.41) is 2.74. The highest BCUT2D eigenvalue weighted by Crippen LogP contribution is 2.13. The van der Waals surface area contributed by atoms with Crippen LogP contribution in [-0.2, 0) is 14.8 Å². The van der Waals surface area contributed by atoms with Crippen molar-refractivity contribution >= 4 is 21.6 Å². The molecule has 1 rings (SSSR count). The molecule has 1 amide bonds. The minimum atomic E-state index is -3.24. The highest BCUT2D eigenvalue weighted by Gasteiger charge is 2.05. The molecule has 0 bridgehead atoms. The third-order valence-corrected chi connectivity index (χ3v) is 2.95. The van der Waals surface area contributed by atoms with E-state index in [0.29, 0.717) is 0 Å². The van der Waals surface area contributed by atoms with E-state index in [0.717, 1.165) is 23.1 Å². The number of amides is 1. The first-order valence-electron chi connectivity index (χ1n) is 5.59. The molecule has 0 saturated heterocycles. The fourth-order valence-corrected chi connectivity index (χ4v) is 2.09. The number of carbonyl (C=O) groups excluding carboxylic acids is 1. The summed E-state index contributed by atoms with van der Waals surface area (Å²) in [5.74, 6) is -0.212. The summed E-state index contributed by atoms with van der Waals surface area (Å²) < 4.78 is 23.9. The number of anilines is 1. The van der Waals surface area contributed by atoms with Gasteiger partial charge in [0.25, 0.3) is 0 Å². The van der Waals surface area contributed by atoms with E-state index in [2.05, 4.69) is 10.0 Å². The van der Waals surface area contributed by atoms with E-state index in [1.807, 2.05) is 32.0 Å². The molecule has 100 valence electrons. The molecule has 1 aromatic rings. The van der Waals surface area contributed by atoms with Crippen molar-refractivity contribution in [2.45, 2.75) is 20.3 Å². The van der Waals surface area contributed by atoms with Crippen molar-refractivity contribution in [2.24, 2.45) is 0 Å². The minimum Gasteiger partial charge on any atom is -0.326 e. The molecule has 0 unspecified atom stereocenters. The van der Waals surface area contributed by atoms with Crippen LogP contribution in [0.4, 0.5) is 5.69 Å². The second-order valence-electron chi connectivity index (χ2n) is 4.34. The third-order valence-electron chi connectivity index (χ3n) is 2.22. The molecular formula is C12H18N2O3S. The largest absolute Gasteiger partial charge is 0.326 e. The standard InChI is InChI=1S/C12H18N2O3S/c1-9-6-10(2)8-11(7-9)14-12(15)4-5-13-18(3,16)17/h6-8,13H,4-5H2,1-3H3,(H,14,15). The van der Waals surface area contributed by atoms with Crippen molar-refractivity contribution < 1.29 is 13.2 Å². The molecule has 0 radical (unpaired) electrons. The van der Waals surface area contributed by atoms with Crippen LogP contribution in [0.25, 0.3) is 0 Å². The third kappa shape index (κ3) is 5.79.